The van der Waals surface area contributed by atoms with Crippen LogP contribution in [0.3, 0.4) is 0 Å². The molecule has 5 nitrogen and oxygen atoms in total. The molecular weight excluding hydrogens is 254 g/mol. The van der Waals surface area contributed by atoms with Crippen molar-refractivity contribution in [2.75, 3.05) is 13.6 Å². The van der Waals surface area contributed by atoms with Gasteiger partial charge >= 0.3 is 0 Å². The third-order valence-electron chi connectivity index (χ3n) is 2.72. The molecule has 0 saturated carbocycles. The highest BCUT2D eigenvalue weighted by Gasteiger charge is 2.15. The number of likely N-dealkylation sites (N-methyl/N-ethyl adjacent to an activating group) is 1. The van der Waals surface area contributed by atoms with Crippen LogP contribution in [0.25, 0.3) is 0 Å². The van der Waals surface area contributed by atoms with Crippen molar-refractivity contribution in [3.63, 3.8) is 0 Å². The lowest BCUT2D eigenvalue weighted by Gasteiger charge is -2.18. The maximum atomic E-state index is 11.9. The summed E-state index contributed by atoms with van der Waals surface area (Å²) in [5.41, 5.74) is -0.295. The monoisotopic (exact) mass is 271 g/mol. The minimum absolute atomic E-state index is 0.000849. The second-order valence-electron chi connectivity index (χ2n) is 4.42. The Morgan fingerprint density at radius 1 is 1.56 bits per heavy atom. The fourth-order valence-corrected chi connectivity index (χ4v) is 1.71. The van der Waals surface area contributed by atoms with Crippen LogP contribution in [-0.2, 0) is 11.3 Å². The van der Waals surface area contributed by atoms with Crippen molar-refractivity contribution < 1.29 is 4.79 Å². The molecule has 0 aliphatic carbocycles. The van der Waals surface area contributed by atoms with Gasteiger partial charge in [0, 0.05) is 25.6 Å². The van der Waals surface area contributed by atoms with Gasteiger partial charge in [-0.3, -0.25) is 14.2 Å². The summed E-state index contributed by atoms with van der Waals surface area (Å²) in [5, 5.41) is 0.163. The van der Waals surface area contributed by atoms with Gasteiger partial charge in [-0.2, -0.15) is 0 Å². The van der Waals surface area contributed by atoms with Crippen molar-refractivity contribution in [2.45, 2.75) is 33.2 Å². The van der Waals surface area contributed by atoms with Gasteiger partial charge in [0.25, 0.3) is 5.56 Å². The number of amides is 1. The van der Waals surface area contributed by atoms with Crippen LogP contribution in [0.4, 0.5) is 0 Å². The van der Waals surface area contributed by atoms with Gasteiger partial charge in [0.15, 0.2) is 0 Å². The Morgan fingerprint density at radius 2 is 2.17 bits per heavy atom. The minimum atomic E-state index is -0.295. The van der Waals surface area contributed by atoms with Crippen LogP contribution in [0.1, 0.15) is 32.5 Å². The smallest absolute Gasteiger partial charge is 0.255 e. The fraction of sp³-hybridized carbons (Fsp3) is 0.583. The van der Waals surface area contributed by atoms with Crippen LogP contribution >= 0.6 is 11.6 Å². The molecule has 1 heterocycles. The minimum Gasteiger partial charge on any atom is -0.344 e. The van der Waals surface area contributed by atoms with E-state index in [0.29, 0.717) is 12.4 Å². The topological polar surface area (TPSA) is 55.2 Å². The summed E-state index contributed by atoms with van der Waals surface area (Å²) in [7, 11) is 1.70. The fourth-order valence-electron chi connectivity index (χ4n) is 1.53. The number of nitrogens with zero attached hydrogens (tertiary/aromatic N) is 3. The molecule has 0 aromatic carbocycles. The molecule has 0 aliphatic rings. The van der Waals surface area contributed by atoms with E-state index in [2.05, 4.69) is 4.98 Å². The lowest BCUT2D eigenvalue weighted by Crippen LogP contribution is -2.35. The first-order valence-corrected chi connectivity index (χ1v) is 6.25. The first-order chi connectivity index (χ1) is 8.36. The SMILES string of the molecule is CCN(C)C(=O)Cn1c(C(C)C)nc(Cl)cc1=O. The molecule has 0 unspecified atom stereocenters. The van der Waals surface area contributed by atoms with Gasteiger partial charge in [-0.15, -0.1) is 0 Å². The summed E-state index contributed by atoms with van der Waals surface area (Å²) in [6.45, 7) is 6.29. The Labute approximate surface area is 111 Å². The molecule has 0 spiro atoms. The van der Waals surface area contributed by atoms with E-state index < -0.39 is 0 Å². The first kappa shape index (κ1) is 14.7. The molecule has 0 bridgehead atoms. The molecule has 0 saturated heterocycles. The number of rotatable bonds is 4. The summed E-state index contributed by atoms with van der Waals surface area (Å²) in [6.07, 6.45) is 0. The number of hydrogen-bond donors (Lipinski definition) is 0. The van der Waals surface area contributed by atoms with Gasteiger partial charge in [0.1, 0.15) is 17.5 Å². The summed E-state index contributed by atoms with van der Waals surface area (Å²) in [6, 6.07) is 1.23. The number of carbonyl (C=O) groups excluding carboxylic acids is 1. The van der Waals surface area contributed by atoms with Gasteiger partial charge in [0.05, 0.1) is 0 Å². The van der Waals surface area contributed by atoms with E-state index in [-0.39, 0.29) is 29.1 Å². The quantitative estimate of drug-likeness (QED) is 0.780. The van der Waals surface area contributed by atoms with Crippen LogP contribution < -0.4 is 5.56 Å². The van der Waals surface area contributed by atoms with Gasteiger partial charge in [0.2, 0.25) is 5.91 Å². The van der Waals surface area contributed by atoms with Gasteiger partial charge in [-0.25, -0.2) is 4.98 Å². The predicted molar refractivity (Wildman–Crippen MR) is 70.9 cm³/mol. The Hall–Kier alpha value is -1.36. The van der Waals surface area contributed by atoms with E-state index in [0.717, 1.165) is 0 Å². The number of hydrogen-bond acceptors (Lipinski definition) is 3. The highest BCUT2D eigenvalue weighted by atomic mass is 35.5. The molecule has 1 aromatic rings. The van der Waals surface area contributed by atoms with Crippen molar-refractivity contribution in [1.82, 2.24) is 14.5 Å². The van der Waals surface area contributed by atoms with E-state index in [1.54, 1.807) is 11.9 Å². The Kier molecular flexibility index (Phi) is 4.90. The van der Waals surface area contributed by atoms with E-state index in [4.69, 9.17) is 11.6 Å². The predicted octanol–water partition coefficient (Wildman–Crippen LogP) is 1.50. The van der Waals surface area contributed by atoms with Crippen molar-refractivity contribution in [2.24, 2.45) is 0 Å². The molecule has 0 aliphatic heterocycles. The average Bonchev–Trinajstić information content (AvgIpc) is 2.30. The maximum absolute atomic E-state index is 11.9. The highest BCUT2D eigenvalue weighted by molar-refractivity contribution is 6.29. The Bertz CT molecular complexity index is 497. The van der Waals surface area contributed by atoms with Crippen LogP contribution in [0.5, 0.6) is 0 Å². The number of halogens is 1. The summed E-state index contributed by atoms with van der Waals surface area (Å²) in [5.74, 6) is 0.437. The van der Waals surface area contributed by atoms with E-state index >= 15 is 0 Å². The van der Waals surface area contributed by atoms with E-state index in [9.17, 15) is 9.59 Å². The van der Waals surface area contributed by atoms with Crippen LogP contribution in [0, 0.1) is 0 Å². The Morgan fingerprint density at radius 3 is 2.67 bits per heavy atom. The largest absolute Gasteiger partial charge is 0.344 e. The van der Waals surface area contributed by atoms with E-state index in [1.165, 1.54) is 10.6 Å². The van der Waals surface area contributed by atoms with Crippen molar-refractivity contribution in [3.05, 3.63) is 27.4 Å². The third-order valence-corrected chi connectivity index (χ3v) is 2.91. The summed E-state index contributed by atoms with van der Waals surface area (Å²) in [4.78, 5) is 29.4. The molecule has 0 fully saturated rings. The maximum Gasteiger partial charge on any atom is 0.255 e. The Balaban J connectivity index is 3.16. The van der Waals surface area contributed by atoms with Crippen LogP contribution in [-0.4, -0.2) is 34.0 Å². The lowest BCUT2D eigenvalue weighted by atomic mass is 10.2. The number of carbonyl (C=O) groups is 1. The normalized spacial score (nSPS) is 10.8. The van der Waals surface area contributed by atoms with Crippen LogP contribution in [0.2, 0.25) is 5.15 Å². The molecule has 1 aromatic heterocycles. The zero-order valence-corrected chi connectivity index (χ0v) is 11.9. The first-order valence-electron chi connectivity index (χ1n) is 5.88. The van der Waals surface area contributed by atoms with Gasteiger partial charge in [-0.05, 0) is 6.92 Å². The molecule has 0 N–H and O–H groups in total. The zero-order chi connectivity index (χ0) is 13.9. The molecule has 100 valence electrons. The van der Waals surface area contributed by atoms with E-state index in [1.807, 2.05) is 20.8 Å². The molecule has 1 amide bonds. The van der Waals surface area contributed by atoms with Crippen molar-refractivity contribution in [3.8, 4) is 0 Å². The molecule has 1 rings (SSSR count). The van der Waals surface area contributed by atoms with Crippen molar-refractivity contribution in [1.29, 1.82) is 0 Å². The van der Waals surface area contributed by atoms with Crippen LogP contribution in [0.15, 0.2) is 10.9 Å². The second-order valence-corrected chi connectivity index (χ2v) is 4.81. The zero-order valence-electron chi connectivity index (χ0n) is 11.1. The molecule has 18 heavy (non-hydrogen) atoms. The summed E-state index contributed by atoms with van der Waals surface area (Å²) >= 11 is 5.77. The van der Waals surface area contributed by atoms with Gasteiger partial charge < -0.3 is 4.90 Å². The lowest BCUT2D eigenvalue weighted by molar-refractivity contribution is -0.130. The average molecular weight is 272 g/mol. The second kappa shape index (κ2) is 6.00. The summed E-state index contributed by atoms with van der Waals surface area (Å²) < 4.78 is 1.38. The molecular formula is C12H18ClN3O2. The number of aromatic nitrogens is 2. The standard InChI is InChI=1S/C12H18ClN3O2/c1-5-15(4)11(18)7-16-10(17)6-9(13)14-12(16)8(2)3/h6,8H,5,7H2,1-4H3. The highest BCUT2D eigenvalue weighted by Crippen LogP contribution is 2.12. The molecule has 0 atom stereocenters. The van der Waals surface area contributed by atoms with Gasteiger partial charge in [-0.1, -0.05) is 25.4 Å². The van der Waals surface area contributed by atoms with Crippen molar-refractivity contribution >= 4 is 17.5 Å². The molecule has 0 radical (unpaired) electrons. The third kappa shape index (κ3) is 3.32. The molecule has 6 heteroatoms.